The second-order valence-electron chi connectivity index (χ2n) is 5.24. The Morgan fingerprint density at radius 1 is 1.32 bits per heavy atom. The summed E-state index contributed by atoms with van der Waals surface area (Å²) in [5.41, 5.74) is 0.187. The summed E-state index contributed by atoms with van der Waals surface area (Å²) >= 11 is 5.93. The average Bonchev–Trinajstić information content (AvgIpc) is 3.18. The first-order valence-corrected chi connectivity index (χ1v) is 7.78. The predicted octanol–water partition coefficient (Wildman–Crippen LogP) is 4.28. The summed E-state index contributed by atoms with van der Waals surface area (Å²) < 4.78 is 25.3. The summed E-state index contributed by atoms with van der Waals surface area (Å²) in [7, 11) is 1.69. The van der Waals surface area contributed by atoms with Crippen LogP contribution in [0.2, 0.25) is 5.02 Å². The molecule has 0 saturated heterocycles. The van der Waals surface area contributed by atoms with E-state index in [1.165, 1.54) is 41.1 Å². The molecule has 0 amide bonds. The smallest absolute Gasteiger partial charge is 0.207 e. The summed E-state index contributed by atoms with van der Waals surface area (Å²) in [4.78, 5) is 12.1. The molecule has 0 atom stereocenters. The van der Waals surface area contributed by atoms with Crippen molar-refractivity contribution in [3.63, 3.8) is 0 Å². The van der Waals surface area contributed by atoms with Gasteiger partial charge in [-0.25, -0.2) is 4.39 Å². The molecule has 7 heteroatoms. The lowest BCUT2D eigenvalue weighted by Gasteiger charge is -2.03. The van der Waals surface area contributed by atoms with Crippen molar-refractivity contribution in [1.82, 2.24) is 9.78 Å². The van der Waals surface area contributed by atoms with Gasteiger partial charge in [-0.15, -0.1) is 0 Å². The third kappa shape index (κ3) is 4.36. The fourth-order valence-corrected chi connectivity index (χ4v) is 2.38. The standard InChI is InChI=1S/C18H14ClFN2O3/c1-22-10-16(19)18(21-22)17(23)9-8-14-6-7-15(25-14)11-24-13-4-2-12(20)3-5-13/h2-10H,11H2,1H3/b9-8+. The first-order valence-electron chi connectivity index (χ1n) is 7.40. The number of hydrogen-bond donors (Lipinski definition) is 0. The first-order chi connectivity index (χ1) is 12.0. The molecule has 0 unspecified atom stereocenters. The van der Waals surface area contributed by atoms with Gasteiger partial charge in [-0.2, -0.15) is 5.10 Å². The number of ether oxygens (including phenoxy) is 1. The van der Waals surface area contributed by atoms with Crippen molar-refractivity contribution in [2.45, 2.75) is 6.61 Å². The van der Waals surface area contributed by atoms with Gasteiger partial charge in [-0.05, 0) is 48.6 Å². The Hall–Kier alpha value is -2.86. The number of aryl methyl sites for hydroxylation is 1. The Bertz CT molecular complexity index is 913. The van der Waals surface area contributed by atoms with Crippen molar-refractivity contribution in [3.05, 3.63) is 76.7 Å². The van der Waals surface area contributed by atoms with E-state index in [1.807, 2.05) is 0 Å². The van der Waals surface area contributed by atoms with Crippen LogP contribution in [0, 0.1) is 5.82 Å². The highest BCUT2D eigenvalue weighted by Gasteiger charge is 2.12. The fraction of sp³-hybridized carbons (Fsp3) is 0.111. The van der Waals surface area contributed by atoms with Gasteiger partial charge in [-0.3, -0.25) is 9.48 Å². The normalized spacial score (nSPS) is 11.2. The van der Waals surface area contributed by atoms with Crippen LogP contribution in [-0.4, -0.2) is 15.6 Å². The van der Waals surface area contributed by atoms with Gasteiger partial charge in [0.1, 0.15) is 29.7 Å². The van der Waals surface area contributed by atoms with E-state index in [-0.39, 0.29) is 23.9 Å². The van der Waals surface area contributed by atoms with Crippen molar-refractivity contribution in [2.75, 3.05) is 0 Å². The van der Waals surface area contributed by atoms with Gasteiger partial charge in [0.15, 0.2) is 5.69 Å². The van der Waals surface area contributed by atoms with E-state index in [0.29, 0.717) is 22.3 Å². The Morgan fingerprint density at radius 3 is 2.76 bits per heavy atom. The fourth-order valence-electron chi connectivity index (χ4n) is 2.11. The molecule has 0 fully saturated rings. The molecule has 1 aromatic carbocycles. The molecule has 2 aromatic heterocycles. The topological polar surface area (TPSA) is 57.3 Å². The lowest BCUT2D eigenvalue weighted by atomic mass is 10.2. The second-order valence-corrected chi connectivity index (χ2v) is 5.65. The van der Waals surface area contributed by atoms with Crippen molar-refractivity contribution in [1.29, 1.82) is 0 Å². The number of ketones is 1. The van der Waals surface area contributed by atoms with Gasteiger partial charge < -0.3 is 9.15 Å². The van der Waals surface area contributed by atoms with Crippen LogP contribution in [0.25, 0.3) is 6.08 Å². The summed E-state index contributed by atoms with van der Waals surface area (Å²) in [5, 5.41) is 4.30. The van der Waals surface area contributed by atoms with Crippen LogP contribution in [-0.2, 0) is 13.7 Å². The third-order valence-electron chi connectivity index (χ3n) is 3.29. The Kier molecular flexibility index (Phi) is 5.00. The van der Waals surface area contributed by atoms with Gasteiger partial charge in [-0.1, -0.05) is 11.6 Å². The number of allylic oxidation sites excluding steroid dienone is 1. The minimum absolute atomic E-state index is 0.187. The van der Waals surface area contributed by atoms with Crippen LogP contribution < -0.4 is 4.74 Å². The van der Waals surface area contributed by atoms with Gasteiger partial charge in [0.05, 0.1) is 5.02 Å². The van der Waals surface area contributed by atoms with E-state index in [2.05, 4.69) is 5.10 Å². The Balaban J connectivity index is 1.60. The zero-order chi connectivity index (χ0) is 17.8. The minimum Gasteiger partial charge on any atom is -0.486 e. The van der Waals surface area contributed by atoms with Gasteiger partial charge in [0.2, 0.25) is 5.78 Å². The number of furan rings is 1. The molecule has 3 aromatic rings. The number of benzene rings is 1. The molecule has 0 saturated carbocycles. The zero-order valence-corrected chi connectivity index (χ0v) is 14.0. The molecule has 3 rings (SSSR count). The van der Waals surface area contributed by atoms with E-state index in [4.69, 9.17) is 20.8 Å². The molecule has 0 spiro atoms. The van der Waals surface area contributed by atoms with E-state index in [9.17, 15) is 9.18 Å². The van der Waals surface area contributed by atoms with Crippen LogP contribution >= 0.6 is 11.6 Å². The number of carbonyl (C=O) groups excluding carboxylic acids is 1. The van der Waals surface area contributed by atoms with E-state index in [0.717, 1.165) is 0 Å². The van der Waals surface area contributed by atoms with Crippen LogP contribution in [0.4, 0.5) is 4.39 Å². The van der Waals surface area contributed by atoms with Crippen molar-refractivity contribution >= 4 is 23.5 Å². The molecule has 0 N–H and O–H groups in total. The molecule has 0 aliphatic carbocycles. The third-order valence-corrected chi connectivity index (χ3v) is 3.57. The molecule has 0 aliphatic heterocycles. The molecular formula is C18H14ClFN2O3. The summed E-state index contributed by atoms with van der Waals surface area (Å²) in [6.07, 6.45) is 4.44. The molecule has 2 heterocycles. The number of halogens is 2. The largest absolute Gasteiger partial charge is 0.486 e. The molecule has 25 heavy (non-hydrogen) atoms. The maximum absolute atomic E-state index is 12.8. The molecule has 128 valence electrons. The molecule has 0 bridgehead atoms. The highest BCUT2D eigenvalue weighted by atomic mass is 35.5. The number of rotatable bonds is 6. The van der Waals surface area contributed by atoms with Crippen LogP contribution in [0.1, 0.15) is 22.0 Å². The number of hydrogen-bond acceptors (Lipinski definition) is 4. The van der Waals surface area contributed by atoms with Crippen LogP contribution in [0.3, 0.4) is 0 Å². The van der Waals surface area contributed by atoms with Gasteiger partial charge >= 0.3 is 0 Å². The highest BCUT2D eigenvalue weighted by Crippen LogP contribution is 2.17. The van der Waals surface area contributed by atoms with Crippen LogP contribution in [0.15, 0.2) is 53.1 Å². The Morgan fingerprint density at radius 2 is 2.08 bits per heavy atom. The zero-order valence-electron chi connectivity index (χ0n) is 13.3. The van der Waals surface area contributed by atoms with Crippen molar-refractivity contribution in [3.8, 4) is 5.75 Å². The summed E-state index contributed by atoms with van der Waals surface area (Å²) in [6.45, 7) is 0.194. The first kappa shape index (κ1) is 17.0. The van der Waals surface area contributed by atoms with Crippen molar-refractivity contribution < 1.29 is 18.3 Å². The Labute approximate surface area is 148 Å². The van der Waals surface area contributed by atoms with E-state index < -0.39 is 0 Å². The quantitative estimate of drug-likeness (QED) is 0.486. The maximum Gasteiger partial charge on any atom is 0.207 e. The second kappa shape index (κ2) is 7.36. The van der Waals surface area contributed by atoms with E-state index >= 15 is 0 Å². The van der Waals surface area contributed by atoms with E-state index in [1.54, 1.807) is 25.4 Å². The average molecular weight is 361 g/mol. The van der Waals surface area contributed by atoms with Crippen LogP contribution in [0.5, 0.6) is 5.75 Å². The number of nitrogens with zero attached hydrogens (tertiary/aromatic N) is 2. The molecule has 0 radical (unpaired) electrons. The number of aromatic nitrogens is 2. The molecular weight excluding hydrogens is 347 g/mol. The SMILES string of the molecule is Cn1cc(Cl)c(C(=O)/C=C/c2ccc(COc3ccc(F)cc3)o2)n1. The highest BCUT2D eigenvalue weighted by molar-refractivity contribution is 6.34. The van der Waals surface area contributed by atoms with Crippen molar-refractivity contribution in [2.24, 2.45) is 7.05 Å². The lowest BCUT2D eigenvalue weighted by molar-refractivity contribution is 0.104. The summed E-state index contributed by atoms with van der Waals surface area (Å²) in [6, 6.07) is 9.16. The minimum atomic E-state index is -0.324. The molecule has 5 nitrogen and oxygen atoms in total. The molecule has 0 aliphatic rings. The maximum atomic E-state index is 12.8. The van der Waals surface area contributed by atoms with Gasteiger partial charge in [0, 0.05) is 13.2 Å². The lowest BCUT2D eigenvalue weighted by Crippen LogP contribution is -1.98. The monoisotopic (exact) mass is 360 g/mol. The van der Waals surface area contributed by atoms with Gasteiger partial charge in [0.25, 0.3) is 0 Å². The predicted molar refractivity (Wildman–Crippen MR) is 91.0 cm³/mol. The summed E-state index contributed by atoms with van der Waals surface area (Å²) in [5.74, 6) is 0.974. The number of carbonyl (C=O) groups is 1.